The molecule has 1 aromatic heterocycles. The Bertz CT molecular complexity index is 370. The average Bonchev–Trinajstić information content (AvgIpc) is 2.80. The molecule has 3 N–H and O–H groups in total. The van der Waals surface area contributed by atoms with Crippen molar-refractivity contribution in [2.75, 3.05) is 19.8 Å². The van der Waals surface area contributed by atoms with Crippen molar-refractivity contribution < 1.29 is 9.53 Å². The molecule has 0 aromatic carbocycles. The second-order valence-corrected chi connectivity index (χ2v) is 5.59. The molecule has 0 aliphatic carbocycles. The number of carbonyl (C=O) groups excluding carboxylic acids is 1. The molecule has 0 spiro atoms. The summed E-state index contributed by atoms with van der Waals surface area (Å²) in [5, 5.41) is 3.00. The van der Waals surface area contributed by atoms with Gasteiger partial charge in [0.1, 0.15) is 6.61 Å². The molecular weight excluding hydrogens is 244 g/mol. The molecule has 0 saturated heterocycles. The highest BCUT2D eigenvalue weighted by Crippen LogP contribution is 2.20. The van der Waals surface area contributed by atoms with Crippen molar-refractivity contribution in [2.24, 2.45) is 11.1 Å². The fourth-order valence-electron chi connectivity index (χ4n) is 1.63. The minimum absolute atomic E-state index is 0.00989. The van der Waals surface area contributed by atoms with E-state index in [1.807, 2.05) is 10.8 Å². The van der Waals surface area contributed by atoms with E-state index in [-0.39, 0.29) is 24.0 Å². The Morgan fingerprint density at radius 1 is 1.53 bits per heavy atom. The van der Waals surface area contributed by atoms with Crippen molar-refractivity contribution in [2.45, 2.75) is 33.4 Å². The quantitative estimate of drug-likeness (QED) is 0.701. The Morgan fingerprint density at radius 3 is 2.79 bits per heavy atom. The van der Waals surface area contributed by atoms with E-state index in [4.69, 9.17) is 10.5 Å². The minimum Gasteiger partial charge on any atom is -0.370 e. The molecule has 6 nitrogen and oxygen atoms in total. The largest absolute Gasteiger partial charge is 0.370 e. The maximum Gasteiger partial charge on any atom is 0.246 e. The van der Waals surface area contributed by atoms with Crippen molar-refractivity contribution in [3.8, 4) is 0 Å². The lowest BCUT2D eigenvalue weighted by Gasteiger charge is -2.31. The van der Waals surface area contributed by atoms with Gasteiger partial charge in [-0.2, -0.15) is 0 Å². The lowest BCUT2D eigenvalue weighted by molar-refractivity contribution is -0.127. The van der Waals surface area contributed by atoms with Gasteiger partial charge in [0, 0.05) is 25.5 Å². The number of carbonyl (C=O) groups is 1. The van der Waals surface area contributed by atoms with Crippen LogP contribution < -0.4 is 11.1 Å². The third kappa shape index (κ3) is 5.85. The molecule has 6 heteroatoms. The van der Waals surface area contributed by atoms with Crippen molar-refractivity contribution in [1.82, 2.24) is 14.9 Å². The molecule has 0 fully saturated rings. The summed E-state index contributed by atoms with van der Waals surface area (Å²) in [4.78, 5) is 15.8. The molecule has 1 unspecified atom stereocenters. The smallest absolute Gasteiger partial charge is 0.246 e. The molecule has 0 bridgehead atoms. The first-order valence-electron chi connectivity index (χ1n) is 6.46. The van der Waals surface area contributed by atoms with Crippen molar-refractivity contribution in [3.05, 3.63) is 18.7 Å². The van der Waals surface area contributed by atoms with Crippen LogP contribution in [0.3, 0.4) is 0 Å². The normalized spacial score (nSPS) is 13.3. The van der Waals surface area contributed by atoms with Gasteiger partial charge in [-0.3, -0.25) is 4.79 Å². The Hall–Kier alpha value is -1.40. The van der Waals surface area contributed by atoms with Crippen LogP contribution in [0.15, 0.2) is 18.7 Å². The zero-order valence-electron chi connectivity index (χ0n) is 11.9. The summed E-state index contributed by atoms with van der Waals surface area (Å²) in [6.45, 7) is 7.83. The molecule has 1 atom stereocenters. The fourth-order valence-corrected chi connectivity index (χ4v) is 1.63. The van der Waals surface area contributed by atoms with Gasteiger partial charge in [-0.25, -0.2) is 4.98 Å². The highest BCUT2D eigenvalue weighted by Gasteiger charge is 2.26. The van der Waals surface area contributed by atoms with Crippen molar-refractivity contribution in [3.63, 3.8) is 0 Å². The predicted octanol–water partition coefficient (Wildman–Crippen LogP) is 0.389. The molecule has 1 rings (SSSR count). The fraction of sp³-hybridized carbons (Fsp3) is 0.692. The van der Waals surface area contributed by atoms with E-state index in [0.29, 0.717) is 19.7 Å². The van der Waals surface area contributed by atoms with E-state index in [9.17, 15) is 4.79 Å². The maximum atomic E-state index is 11.8. The number of hydrogen-bond acceptors (Lipinski definition) is 4. The molecule has 0 aliphatic heterocycles. The second-order valence-electron chi connectivity index (χ2n) is 5.59. The first kappa shape index (κ1) is 15.7. The predicted molar refractivity (Wildman–Crippen MR) is 73.5 cm³/mol. The van der Waals surface area contributed by atoms with Gasteiger partial charge >= 0.3 is 0 Å². The topological polar surface area (TPSA) is 82.2 Å². The highest BCUT2D eigenvalue weighted by atomic mass is 16.5. The molecule has 1 heterocycles. The van der Waals surface area contributed by atoms with Gasteiger partial charge in [0.15, 0.2) is 0 Å². The number of nitrogens with one attached hydrogen (secondary N) is 1. The summed E-state index contributed by atoms with van der Waals surface area (Å²) in [5.41, 5.74) is 5.26. The number of hydrogen-bond donors (Lipinski definition) is 2. The van der Waals surface area contributed by atoms with Crippen LogP contribution in [0.5, 0.6) is 0 Å². The maximum absolute atomic E-state index is 11.8. The summed E-state index contributed by atoms with van der Waals surface area (Å²) < 4.78 is 7.09. The zero-order valence-corrected chi connectivity index (χ0v) is 11.9. The van der Waals surface area contributed by atoms with Crippen LogP contribution in [0.2, 0.25) is 0 Å². The summed E-state index contributed by atoms with van der Waals surface area (Å²) in [6.07, 6.45) is 5.36. The molecule has 19 heavy (non-hydrogen) atoms. The standard InChI is InChI=1S/C13H24N4O2/c1-13(2,3)11(8-17-6-5-15-10-17)16-12(18)9-19-7-4-14/h5-6,10-11H,4,7-9,14H2,1-3H3,(H,16,18). The van der Waals surface area contributed by atoms with Crippen LogP contribution in [-0.4, -0.2) is 41.3 Å². The summed E-state index contributed by atoms with van der Waals surface area (Å²) in [6, 6.07) is 0.00989. The van der Waals surface area contributed by atoms with Gasteiger partial charge < -0.3 is 20.4 Å². The second kappa shape index (κ2) is 7.25. The zero-order chi connectivity index (χ0) is 14.3. The third-order valence-electron chi connectivity index (χ3n) is 2.83. The number of ether oxygens (including phenoxy) is 1. The van der Waals surface area contributed by atoms with Crippen molar-refractivity contribution in [1.29, 1.82) is 0 Å². The number of rotatable bonds is 7. The van der Waals surface area contributed by atoms with Crippen LogP contribution in [0.25, 0.3) is 0 Å². The Morgan fingerprint density at radius 2 is 2.26 bits per heavy atom. The van der Waals surface area contributed by atoms with Crippen LogP contribution in [0.1, 0.15) is 20.8 Å². The molecule has 1 aromatic rings. The third-order valence-corrected chi connectivity index (χ3v) is 2.83. The molecule has 0 saturated carbocycles. The highest BCUT2D eigenvalue weighted by molar-refractivity contribution is 5.77. The van der Waals surface area contributed by atoms with E-state index < -0.39 is 0 Å². The van der Waals surface area contributed by atoms with Gasteiger partial charge in [0.2, 0.25) is 5.91 Å². The summed E-state index contributed by atoms with van der Waals surface area (Å²) >= 11 is 0. The summed E-state index contributed by atoms with van der Waals surface area (Å²) in [5.74, 6) is -0.117. The van der Waals surface area contributed by atoms with Gasteiger partial charge in [-0.05, 0) is 5.41 Å². The van der Waals surface area contributed by atoms with E-state index in [2.05, 4.69) is 31.1 Å². The molecule has 0 radical (unpaired) electrons. The summed E-state index contributed by atoms with van der Waals surface area (Å²) in [7, 11) is 0. The van der Waals surface area contributed by atoms with Crippen molar-refractivity contribution >= 4 is 5.91 Å². The van der Waals surface area contributed by atoms with Crippen LogP contribution in [0.4, 0.5) is 0 Å². The Kier molecular flexibility index (Phi) is 5.98. The van der Waals surface area contributed by atoms with Gasteiger partial charge in [-0.15, -0.1) is 0 Å². The first-order chi connectivity index (χ1) is 8.93. The first-order valence-corrected chi connectivity index (χ1v) is 6.46. The molecular formula is C13H24N4O2. The molecule has 0 aliphatic rings. The van der Waals surface area contributed by atoms with Gasteiger partial charge in [-0.1, -0.05) is 20.8 Å². The van der Waals surface area contributed by atoms with Gasteiger partial charge in [0.05, 0.1) is 19.0 Å². The number of aromatic nitrogens is 2. The van der Waals surface area contributed by atoms with Gasteiger partial charge in [0.25, 0.3) is 0 Å². The van der Waals surface area contributed by atoms with E-state index in [0.717, 1.165) is 0 Å². The van der Waals surface area contributed by atoms with E-state index in [1.54, 1.807) is 12.5 Å². The van der Waals surface area contributed by atoms with Crippen LogP contribution in [-0.2, 0) is 16.1 Å². The Labute approximate surface area is 114 Å². The molecule has 108 valence electrons. The minimum atomic E-state index is -0.117. The lowest BCUT2D eigenvalue weighted by atomic mass is 9.86. The Balaban J connectivity index is 2.53. The SMILES string of the molecule is CC(C)(C)C(Cn1ccnc1)NC(=O)COCCN. The van der Waals surface area contributed by atoms with E-state index in [1.165, 1.54) is 0 Å². The van der Waals surface area contributed by atoms with E-state index >= 15 is 0 Å². The van der Waals surface area contributed by atoms with Crippen LogP contribution in [0, 0.1) is 5.41 Å². The number of imidazole rings is 1. The molecule has 1 amide bonds. The number of amides is 1. The number of nitrogens with zero attached hydrogens (tertiary/aromatic N) is 2. The van der Waals surface area contributed by atoms with Crippen LogP contribution >= 0.6 is 0 Å². The lowest BCUT2D eigenvalue weighted by Crippen LogP contribution is -2.47. The monoisotopic (exact) mass is 268 g/mol. The number of nitrogens with two attached hydrogens (primary N) is 1. The average molecular weight is 268 g/mol.